The second-order valence-corrected chi connectivity index (χ2v) is 11.9. The molecule has 2 fully saturated rings. The summed E-state index contributed by atoms with van der Waals surface area (Å²) < 4.78 is 1.97. The first kappa shape index (κ1) is 24.0. The van der Waals surface area contributed by atoms with Crippen LogP contribution in [0.3, 0.4) is 0 Å². The normalized spacial score (nSPS) is 27.4. The molecule has 7 heterocycles. The van der Waals surface area contributed by atoms with Crippen LogP contribution in [0.2, 0.25) is 0 Å². The Morgan fingerprint density at radius 3 is 2.51 bits per heavy atom. The molecule has 2 unspecified atom stereocenters. The zero-order valence-electron chi connectivity index (χ0n) is 22.9. The number of nitrogens with one attached hydrogen (secondary N) is 2. The smallest absolute Gasteiger partial charge is 0.173 e. The van der Waals surface area contributed by atoms with Crippen LogP contribution >= 0.6 is 0 Å². The molecule has 8 bridgehead atoms. The standard InChI is InChI=1S/C33H29N7O/c1-31(2)28-18-32(29-19-40(20-35-29)27-10-13-34-14-11-27)12-9-25(38-32)16-24-6-5-22(36-24)15-23-7-8-26(37-23)17-33(39-28,30(31)41)21-3-4-21/h5-21,36,39H,3-4H2,1-2H3. The molecule has 4 aliphatic heterocycles. The highest BCUT2D eigenvalue weighted by atomic mass is 16.1. The van der Waals surface area contributed by atoms with E-state index in [4.69, 9.17) is 15.0 Å². The van der Waals surface area contributed by atoms with Crippen LogP contribution in [0.5, 0.6) is 0 Å². The SMILES string of the molecule is CC1(C)C(=O)C2(C3CC3)C=C3C=CC(=N3)C=c3ccc([nH]3)=CC3=NC(c4cn(-c5ccncc5)cn4)(C=C3)C=C1N2. The minimum absolute atomic E-state index is 0.167. The van der Waals surface area contributed by atoms with E-state index in [0.717, 1.165) is 57.7 Å². The minimum Gasteiger partial charge on any atom is -0.372 e. The summed E-state index contributed by atoms with van der Waals surface area (Å²) in [6.45, 7) is 4.02. The third-order valence-corrected chi connectivity index (χ3v) is 8.72. The van der Waals surface area contributed by atoms with Crippen LogP contribution in [-0.2, 0) is 10.3 Å². The number of Topliss-reactive ketones (excluding diaryl/α,β-unsaturated/α-hetero) is 1. The fourth-order valence-corrected chi connectivity index (χ4v) is 6.33. The van der Waals surface area contributed by atoms with E-state index in [2.05, 4.69) is 33.5 Å². The molecule has 3 aromatic heterocycles. The van der Waals surface area contributed by atoms with E-state index in [1.807, 2.05) is 79.3 Å². The minimum atomic E-state index is -0.895. The zero-order chi connectivity index (χ0) is 27.8. The summed E-state index contributed by atoms with van der Waals surface area (Å²) in [6.07, 6.45) is 25.6. The fourth-order valence-electron chi connectivity index (χ4n) is 6.33. The van der Waals surface area contributed by atoms with Gasteiger partial charge >= 0.3 is 0 Å². The van der Waals surface area contributed by atoms with Crippen molar-refractivity contribution in [2.24, 2.45) is 21.3 Å². The molecule has 2 N–H and O–H groups in total. The lowest BCUT2D eigenvalue weighted by Gasteiger charge is -2.26. The lowest BCUT2D eigenvalue weighted by molar-refractivity contribution is -0.127. The molecule has 41 heavy (non-hydrogen) atoms. The Hall–Kier alpha value is -4.85. The maximum Gasteiger partial charge on any atom is 0.173 e. The quantitative estimate of drug-likeness (QED) is 0.534. The molecule has 0 amide bonds. The molecule has 1 aliphatic carbocycles. The van der Waals surface area contributed by atoms with Gasteiger partial charge in [0.15, 0.2) is 5.78 Å². The van der Waals surface area contributed by atoms with E-state index >= 15 is 0 Å². The van der Waals surface area contributed by atoms with Crippen molar-refractivity contribution in [1.29, 1.82) is 0 Å². The maximum absolute atomic E-state index is 14.3. The Morgan fingerprint density at radius 2 is 1.73 bits per heavy atom. The van der Waals surface area contributed by atoms with Crippen LogP contribution in [-0.4, -0.2) is 42.3 Å². The van der Waals surface area contributed by atoms with Gasteiger partial charge in [-0.05, 0) is 105 Å². The highest BCUT2D eigenvalue weighted by Gasteiger charge is 2.60. The van der Waals surface area contributed by atoms with Gasteiger partial charge < -0.3 is 14.9 Å². The number of carbonyl (C=O) groups excluding carboxylic acids is 1. The molecule has 1 saturated heterocycles. The molecule has 8 heteroatoms. The highest BCUT2D eigenvalue weighted by molar-refractivity contribution is 6.20. The lowest BCUT2D eigenvalue weighted by Crippen LogP contribution is -2.47. The number of imidazole rings is 1. The average Bonchev–Trinajstić information content (AvgIpc) is 3.33. The average molecular weight is 540 g/mol. The third kappa shape index (κ3) is 3.78. The highest BCUT2D eigenvalue weighted by Crippen LogP contribution is 2.52. The van der Waals surface area contributed by atoms with Crippen molar-refractivity contribution in [3.63, 3.8) is 0 Å². The molecule has 2 atom stereocenters. The molecule has 3 aromatic rings. The molecular weight excluding hydrogens is 510 g/mol. The van der Waals surface area contributed by atoms with Crippen molar-refractivity contribution < 1.29 is 4.79 Å². The molecule has 0 radical (unpaired) electrons. The third-order valence-electron chi connectivity index (χ3n) is 8.72. The van der Waals surface area contributed by atoms with E-state index in [1.54, 1.807) is 18.7 Å². The van der Waals surface area contributed by atoms with Crippen molar-refractivity contribution >= 4 is 29.4 Å². The van der Waals surface area contributed by atoms with Crippen LogP contribution < -0.4 is 16.0 Å². The number of hydrogen-bond donors (Lipinski definition) is 2. The largest absolute Gasteiger partial charge is 0.372 e. The number of hydrogen-bond acceptors (Lipinski definition) is 6. The zero-order valence-corrected chi connectivity index (χ0v) is 22.9. The summed E-state index contributed by atoms with van der Waals surface area (Å²) in [5.41, 5.74) is 2.59. The van der Waals surface area contributed by atoms with Crippen LogP contribution in [0.25, 0.3) is 17.8 Å². The molecule has 5 aliphatic rings. The number of rotatable bonds is 3. The van der Waals surface area contributed by atoms with Gasteiger partial charge in [-0.25, -0.2) is 9.98 Å². The first-order valence-electron chi connectivity index (χ1n) is 14.0. The molecule has 8 rings (SSSR count). The van der Waals surface area contributed by atoms with E-state index < -0.39 is 16.5 Å². The number of H-pyrrole nitrogens is 1. The van der Waals surface area contributed by atoms with Crippen LogP contribution in [0.15, 0.2) is 107 Å². The topological polar surface area (TPSA) is 100 Å². The fraction of sp³-hybridized carbons (Fsp3) is 0.242. The molecule has 8 nitrogen and oxygen atoms in total. The Bertz CT molecular complexity index is 1930. The van der Waals surface area contributed by atoms with E-state index in [1.165, 1.54) is 0 Å². The van der Waals surface area contributed by atoms with Crippen molar-refractivity contribution in [3.8, 4) is 5.69 Å². The Kier molecular flexibility index (Phi) is 4.87. The summed E-state index contributed by atoms with van der Waals surface area (Å²) in [5.74, 6) is 0.392. The summed E-state index contributed by atoms with van der Waals surface area (Å²) in [7, 11) is 0. The lowest BCUT2D eigenvalue weighted by atomic mass is 9.77. The summed E-state index contributed by atoms with van der Waals surface area (Å²) in [6, 6.07) is 7.96. The van der Waals surface area contributed by atoms with Gasteiger partial charge in [0, 0.05) is 40.7 Å². The Balaban J connectivity index is 1.36. The van der Waals surface area contributed by atoms with Gasteiger partial charge in [-0.1, -0.05) is 0 Å². The molecule has 1 saturated carbocycles. The monoisotopic (exact) mass is 539 g/mol. The van der Waals surface area contributed by atoms with Gasteiger partial charge in [0.05, 0.1) is 34.6 Å². The van der Waals surface area contributed by atoms with Crippen LogP contribution in [0.1, 0.15) is 32.4 Å². The van der Waals surface area contributed by atoms with Crippen LogP contribution in [0, 0.1) is 11.3 Å². The molecule has 0 spiro atoms. The second kappa shape index (κ2) is 8.33. The first-order valence-corrected chi connectivity index (χ1v) is 14.0. The van der Waals surface area contributed by atoms with Gasteiger partial charge in [0.25, 0.3) is 0 Å². The molecule has 202 valence electrons. The van der Waals surface area contributed by atoms with Gasteiger partial charge in [-0.3, -0.25) is 14.8 Å². The summed E-state index contributed by atoms with van der Waals surface area (Å²) >= 11 is 0. The van der Waals surface area contributed by atoms with E-state index in [-0.39, 0.29) is 11.7 Å². The van der Waals surface area contributed by atoms with Gasteiger partial charge in [-0.2, -0.15) is 0 Å². The number of pyridine rings is 1. The van der Waals surface area contributed by atoms with Crippen LogP contribution in [0.4, 0.5) is 0 Å². The molecular formula is C33H29N7O. The van der Waals surface area contributed by atoms with Gasteiger partial charge in [0.1, 0.15) is 11.1 Å². The Morgan fingerprint density at radius 1 is 0.951 bits per heavy atom. The first-order chi connectivity index (χ1) is 19.8. The number of ketones is 1. The van der Waals surface area contributed by atoms with Gasteiger partial charge in [-0.15, -0.1) is 0 Å². The van der Waals surface area contributed by atoms with Gasteiger partial charge in [0.2, 0.25) is 0 Å². The number of allylic oxidation sites excluding steroid dienone is 4. The number of aromatic amines is 1. The van der Waals surface area contributed by atoms with Crippen molar-refractivity contribution in [2.75, 3.05) is 0 Å². The Labute approximate surface area is 237 Å². The number of fused-ring (bicyclic) bond motifs is 6. The van der Waals surface area contributed by atoms with Crippen molar-refractivity contribution in [2.45, 2.75) is 37.8 Å². The number of aromatic nitrogens is 4. The van der Waals surface area contributed by atoms with E-state index in [9.17, 15) is 4.79 Å². The number of aliphatic imine (C=N–C) groups is 2. The summed E-state index contributed by atoms with van der Waals surface area (Å²) in [4.78, 5) is 36.9. The summed E-state index contributed by atoms with van der Waals surface area (Å²) in [5, 5.41) is 5.64. The second-order valence-electron chi connectivity index (χ2n) is 11.9. The molecule has 0 aromatic carbocycles. The predicted molar refractivity (Wildman–Crippen MR) is 159 cm³/mol. The van der Waals surface area contributed by atoms with E-state index in [0.29, 0.717) is 0 Å². The van der Waals surface area contributed by atoms with Crippen molar-refractivity contribution in [1.82, 2.24) is 24.8 Å². The predicted octanol–water partition coefficient (Wildman–Crippen LogP) is 3.20. The number of nitrogens with zero attached hydrogens (tertiary/aromatic N) is 5. The van der Waals surface area contributed by atoms with Crippen molar-refractivity contribution in [3.05, 3.63) is 113 Å². The maximum atomic E-state index is 14.3. The number of carbonyl (C=O) groups is 1.